The molecule has 0 aliphatic carbocycles. The Morgan fingerprint density at radius 3 is 2.64 bits per heavy atom. The lowest BCUT2D eigenvalue weighted by molar-refractivity contribution is -0.115. The Morgan fingerprint density at radius 2 is 2.07 bits per heavy atom. The minimum Gasteiger partial charge on any atom is -0.324 e. The van der Waals surface area contributed by atoms with Crippen LogP contribution in [0.2, 0.25) is 0 Å². The molecule has 1 rings (SSSR count). The molecule has 0 unspecified atom stereocenters. The number of carbonyl (C=O) groups is 1. The molecule has 0 radical (unpaired) electrons. The quantitative estimate of drug-likeness (QED) is 0.817. The number of hydrogen-bond acceptors (Lipinski definition) is 1. The standard InChI is InChI=1S/C9H8BrF2NO/c1-2-9(14)13-8-3-5(10)6(11)4-7(8)12/h3-4H,2H2,1H3,(H,13,14). The van der Waals surface area contributed by atoms with Gasteiger partial charge in [0.15, 0.2) is 0 Å². The summed E-state index contributed by atoms with van der Waals surface area (Å²) in [5, 5.41) is 2.32. The van der Waals surface area contributed by atoms with E-state index in [0.29, 0.717) is 0 Å². The van der Waals surface area contributed by atoms with Crippen LogP contribution in [0.3, 0.4) is 0 Å². The van der Waals surface area contributed by atoms with E-state index in [-0.39, 0.29) is 22.5 Å². The van der Waals surface area contributed by atoms with Gasteiger partial charge in [0.2, 0.25) is 5.91 Å². The number of halogens is 3. The third kappa shape index (κ3) is 2.51. The molecular weight excluding hydrogens is 256 g/mol. The first-order valence-corrected chi connectivity index (χ1v) is 4.78. The van der Waals surface area contributed by atoms with E-state index in [1.54, 1.807) is 6.92 Å². The number of amides is 1. The molecule has 0 bridgehead atoms. The second kappa shape index (κ2) is 4.50. The smallest absolute Gasteiger partial charge is 0.224 e. The normalized spacial score (nSPS) is 10.0. The highest BCUT2D eigenvalue weighted by Crippen LogP contribution is 2.23. The molecule has 0 aliphatic rings. The lowest BCUT2D eigenvalue weighted by Crippen LogP contribution is -2.11. The van der Waals surface area contributed by atoms with Gasteiger partial charge in [-0.25, -0.2) is 8.78 Å². The SMILES string of the molecule is CCC(=O)Nc1cc(Br)c(F)cc1F. The van der Waals surface area contributed by atoms with Crippen molar-refractivity contribution in [2.75, 3.05) is 5.32 Å². The molecule has 0 atom stereocenters. The highest BCUT2D eigenvalue weighted by Gasteiger charge is 2.09. The maximum Gasteiger partial charge on any atom is 0.224 e. The molecule has 0 aliphatic heterocycles. The van der Waals surface area contributed by atoms with Crippen molar-refractivity contribution in [2.45, 2.75) is 13.3 Å². The predicted octanol–water partition coefficient (Wildman–Crippen LogP) is 3.08. The molecule has 14 heavy (non-hydrogen) atoms. The van der Waals surface area contributed by atoms with Crippen molar-refractivity contribution in [3.63, 3.8) is 0 Å². The maximum absolute atomic E-state index is 13.1. The summed E-state index contributed by atoms with van der Waals surface area (Å²) in [6.07, 6.45) is 0.244. The van der Waals surface area contributed by atoms with E-state index >= 15 is 0 Å². The van der Waals surface area contributed by atoms with Gasteiger partial charge in [0.05, 0.1) is 10.2 Å². The van der Waals surface area contributed by atoms with E-state index in [1.807, 2.05) is 0 Å². The largest absolute Gasteiger partial charge is 0.324 e. The van der Waals surface area contributed by atoms with Crippen LogP contribution in [0.4, 0.5) is 14.5 Å². The van der Waals surface area contributed by atoms with E-state index in [4.69, 9.17) is 0 Å². The highest BCUT2D eigenvalue weighted by atomic mass is 79.9. The maximum atomic E-state index is 13.1. The predicted molar refractivity (Wildman–Crippen MR) is 53.0 cm³/mol. The van der Waals surface area contributed by atoms with Crippen LogP contribution in [0, 0.1) is 11.6 Å². The Hall–Kier alpha value is -0.970. The Balaban J connectivity index is 2.98. The fraction of sp³-hybridized carbons (Fsp3) is 0.222. The van der Waals surface area contributed by atoms with Gasteiger partial charge in [-0.2, -0.15) is 0 Å². The first-order chi connectivity index (χ1) is 6.54. The molecule has 76 valence electrons. The number of rotatable bonds is 2. The molecule has 1 N–H and O–H groups in total. The molecular formula is C9H8BrF2NO. The van der Waals surface area contributed by atoms with Gasteiger partial charge >= 0.3 is 0 Å². The lowest BCUT2D eigenvalue weighted by Gasteiger charge is -2.05. The van der Waals surface area contributed by atoms with Crippen LogP contribution in [0.15, 0.2) is 16.6 Å². The van der Waals surface area contributed by atoms with E-state index in [2.05, 4.69) is 21.2 Å². The summed E-state index contributed by atoms with van der Waals surface area (Å²) in [6.45, 7) is 1.64. The minimum atomic E-state index is -0.785. The van der Waals surface area contributed by atoms with Gasteiger partial charge in [0, 0.05) is 12.5 Å². The molecule has 1 amide bonds. The zero-order valence-electron chi connectivity index (χ0n) is 7.40. The van der Waals surface area contributed by atoms with Crippen molar-refractivity contribution >= 4 is 27.5 Å². The Morgan fingerprint density at radius 1 is 1.43 bits per heavy atom. The van der Waals surface area contributed by atoms with Gasteiger partial charge in [0.1, 0.15) is 11.6 Å². The minimum absolute atomic E-state index is 0.0230. The lowest BCUT2D eigenvalue weighted by atomic mass is 10.3. The average molecular weight is 264 g/mol. The van der Waals surface area contributed by atoms with Crippen molar-refractivity contribution in [3.05, 3.63) is 28.2 Å². The van der Waals surface area contributed by atoms with Gasteiger partial charge in [-0.3, -0.25) is 4.79 Å². The van der Waals surface area contributed by atoms with Crippen LogP contribution in [0.1, 0.15) is 13.3 Å². The third-order valence-corrected chi connectivity index (χ3v) is 2.21. The first-order valence-electron chi connectivity index (χ1n) is 3.99. The van der Waals surface area contributed by atoms with Gasteiger partial charge in [-0.15, -0.1) is 0 Å². The second-order valence-corrected chi connectivity index (χ2v) is 3.50. The average Bonchev–Trinajstić information content (AvgIpc) is 2.14. The number of carbonyl (C=O) groups excluding carboxylic acids is 1. The van der Waals surface area contributed by atoms with Gasteiger partial charge < -0.3 is 5.32 Å². The van der Waals surface area contributed by atoms with Gasteiger partial charge in [-0.05, 0) is 22.0 Å². The molecule has 0 heterocycles. The van der Waals surface area contributed by atoms with Crippen molar-refractivity contribution in [1.82, 2.24) is 0 Å². The van der Waals surface area contributed by atoms with Crippen LogP contribution in [-0.4, -0.2) is 5.91 Å². The third-order valence-electron chi connectivity index (χ3n) is 1.61. The highest BCUT2D eigenvalue weighted by molar-refractivity contribution is 9.10. The summed E-state index contributed by atoms with van der Waals surface area (Å²) in [5.41, 5.74) is -0.0230. The number of benzene rings is 1. The summed E-state index contributed by atoms with van der Waals surface area (Å²) in [4.78, 5) is 10.9. The zero-order valence-corrected chi connectivity index (χ0v) is 8.99. The second-order valence-electron chi connectivity index (χ2n) is 2.65. The summed E-state index contributed by atoms with van der Waals surface area (Å²) in [6, 6.07) is 1.91. The summed E-state index contributed by atoms with van der Waals surface area (Å²) >= 11 is 2.90. The number of nitrogens with one attached hydrogen (secondary N) is 1. The Kier molecular flexibility index (Phi) is 3.57. The van der Waals surface area contributed by atoms with Crippen molar-refractivity contribution in [2.24, 2.45) is 0 Å². The fourth-order valence-corrected chi connectivity index (χ4v) is 1.20. The number of anilines is 1. The number of hydrogen-bond donors (Lipinski definition) is 1. The van der Waals surface area contributed by atoms with E-state index in [9.17, 15) is 13.6 Å². The molecule has 5 heteroatoms. The zero-order chi connectivity index (χ0) is 10.7. The topological polar surface area (TPSA) is 29.1 Å². The molecule has 0 saturated heterocycles. The van der Waals surface area contributed by atoms with Gasteiger partial charge in [-0.1, -0.05) is 6.92 Å². The van der Waals surface area contributed by atoms with Crippen molar-refractivity contribution < 1.29 is 13.6 Å². The summed E-state index contributed by atoms with van der Waals surface area (Å²) < 4.78 is 25.9. The van der Waals surface area contributed by atoms with E-state index < -0.39 is 11.6 Å². The van der Waals surface area contributed by atoms with Gasteiger partial charge in [0.25, 0.3) is 0 Å². The first kappa shape index (κ1) is 11.1. The fourth-order valence-electron chi connectivity index (χ4n) is 0.857. The van der Waals surface area contributed by atoms with Crippen LogP contribution in [0.25, 0.3) is 0 Å². The molecule has 0 spiro atoms. The summed E-state index contributed by atoms with van der Waals surface area (Å²) in [5.74, 6) is -1.80. The van der Waals surface area contributed by atoms with Crippen LogP contribution < -0.4 is 5.32 Å². The van der Waals surface area contributed by atoms with Crippen molar-refractivity contribution in [3.8, 4) is 0 Å². The van der Waals surface area contributed by atoms with E-state index in [1.165, 1.54) is 6.07 Å². The molecule has 0 aromatic heterocycles. The summed E-state index contributed by atoms with van der Waals surface area (Å²) in [7, 11) is 0. The molecule has 0 fully saturated rings. The molecule has 0 saturated carbocycles. The molecule has 2 nitrogen and oxygen atoms in total. The molecule has 1 aromatic carbocycles. The monoisotopic (exact) mass is 263 g/mol. The Labute approximate surface area is 88.4 Å². The molecule has 1 aromatic rings. The van der Waals surface area contributed by atoms with E-state index in [0.717, 1.165) is 6.07 Å². The Bertz CT molecular complexity index is 368. The van der Waals surface area contributed by atoms with Crippen LogP contribution >= 0.6 is 15.9 Å². The van der Waals surface area contributed by atoms with Crippen LogP contribution in [0.5, 0.6) is 0 Å². The van der Waals surface area contributed by atoms with Crippen LogP contribution in [-0.2, 0) is 4.79 Å². The van der Waals surface area contributed by atoms with Crippen molar-refractivity contribution in [1.29, 1.82) is 0 Å².